The van der Waals surface area contributed by atoms with Gasteiger partial charge in [-0.2, -0.15) is 0 Å². The molecule has 1 nitrogen and oxygen atoms in total. The second kappa shape index (κ2) is 1.30. The lowest BCUT2D eigenvalue weighted by Crippen LogP contribution is -1.91. The van der Waals surface area contributed by atoms with Gasteiger partial charge in [0.25, 0.3) is 0 Å². The van der Waals surface area contributed by atoms with Crippen molar-refractivity contribution < 1.29 is 0 Å². The van der Waals surface area contributed by atoms with E-state index in [0.717, 1.165) is 0 Å². The first-order chi connectivity index (χ1) is 1.73. The SMILES string of the molecule is [CH2]N([CH2])C. The molecule has 0 spiro atoms. The van der Waals surface area contributed by atoms with Crippen molar-refractivity contribution in [3.63, 3.8) is 0 Å². The van der Waals surface area contributed by atoms with E-state index in [1.165, 1.54) is 4.90 Å². The summed E-state index contributed by atoms with van der Waals surface area (Å²) >= 11 is 0. The zero-order chi connectivity index (χ0) is 3.58. The van der Waals surface area contributed by atoms with Crippen LogP contribution in [-0.4, -0.2) is 11.9 Å². The van der Waals surface area contributed by atoms with Gasteiger partial charge in [0, 0.05) is 14.1 Å². The van der Waals surface area contributed by atoms with Crippen LogP contribution >= 0.6 is 0 Å². The molecule has 0 bridgehead atoms. The van der Waals surface area contributed by atoms with Gasteiger partial charge in [0.05, 0.1) is 0 Å². The van der Waals surface area contributed by atoms with Crippen molar-refractivity contribution in [1.82, 2.24) is 4.90 Å². The van der Waals surface area contributed by atoms with Gasteiger partial charge in [-0.3, -0.25) is 0 Å². The molecule has 0 saturated carbocycles. The predicted molar refractivity (Wildman–Crippen MR) is 18.5 cm³/mol. The first kappa shape index (κ1) is 3.96. The van der Waals surface area contributed by atoms with Crippen molar-refractivity contribution in [2.24, 2.45) is 0 Å². The average Bonchev–Trinajstić information content (AvgIpc) is 0.811. The van der Waals surface area contributed by atoms with E-state index in [-0.39, 0.29) is 0 Å². The largest absolute Gasteiger partial charge is 0.304 e. The average molecular weight is 57.1 g/mol. The molecular weight excluding hydrogens is 50.0 g/mol. The standard InChI is InChI=1S/C3H7N/c1-4(2)3/h1-2H2,3H3. The van der Waals surface area contributed by atoms with Gasteiger partial charge in [-0.1, -0.05) is 0 Å². The molecule has 0 unspecified atom stereocenters. The molecule has 0 aliphatic heterocycles. The lowest BCUT2D eigenvalue weighted by atomic mass is 11.0. The summed E-state index contributed by atoms with van der Waals surface area (Å²) in [5.41, 5.74) is 0. The maximum Gasteiger partial charge on any atom is 0.0107 e. The number of nitrogens with zero attached hydrogens (tertiary/aromatic N) is 1. The monoisotopic (exact) mass is 57.1 g/mol. The first-order valence-electron chi connectivity index (χ1n) is 1.08. The molecule has 0 N–H and O–H groups in total. The summed E-state index contributed by atoms with van der Waals surface area (Å²) in [5.74, 6) is 0. The fourth-order valence-electron chi connectivity index (χ4n) is 0. The van der Waals surface area contributed by atoms with Crippen LogP contribution in [0.3, 0.4) is 0 Å². The van der Waals surface area contributed by atoms with Gasteiger partial charge in [0.2, 0.25) is 0 Å². The summed E-state index contributed by atoms with van der Waals surface area (Å²) in [6.07, 6.45) is 0. The smallest absolute Gasteiger partial charge is 0.0107 e. The van der Waals surface area contributed by atoms with E-state index in [2.05, 4.69) is 14.1 Å². The predicted octanol–water partition coefficient (Wildman–Crippen LogP) is 0.501. The van der Waals surface area contributed by atoms with E-state index in [1.807, 2.05) is 0 Å². The second-order valence-electron chi connectivity index (χ2n) is 0.856. The molecule has 0 aromatic carbocycles. The highest BCUT2D eigenvalue weighted by Gasteiger charge is 1.59. The summed E-state index contributed by atoms with van der Waals surface area (Å²) in [4.78, 5) is 1.50. The van der Waals surface area contributed by atoms with Gasteiger partial charge in [-0.25, -0.2) is 0 Å². The van der Waals surface area contributed by atoms with Crippen molar-refractivity contribution in [3.05, 3.63) is 14.1 Å². The zero-order valence-corrected chi connectivity index (χ0v) is 2.86. The van der Waals surface area contributed by atoms with E-state index in [0.29, 0.717) is 0 Å². The zero-order valence-electron chi connectivity index (χ0n) is 2.86. The second-order valence-corrected chi connectivity index (χ2v) is 0.856. The van der Waals surface area contributed by atoms with Crippen molar-refractivity contribution in [2.75, 3.05) is 7.05 Å². The molecule has 0 fully saturated rings. The van der Waals surface area contributed by atoms with Gasteiger partial charge in [0.1, 0.15) is 0 Å². The quantitative estimate of drug-likeness (QED) is 0.391. The van der Waals surface area contributed by atoms with Crippen LogP contribution in [-0.2, 0) is 0 Å². The number of hydrogen-bond donors (Lipinski definition) is 0. The van der Waals surface area contributed by atoms with Crippen LogP contribution in [0.25, 0.3) is 0 Å². The van der Waals surface area contributed by atoms with E-state index in [1.54, 1.807) is 7.05 Å². The summed E-state index contributed by atoms with van der Waals surface area (Å²) in [6.45, 7) is 0. The van der Waals surface area contributed by atoms with Crippen LogP contribution in [0.5, 0.6) is 0 Å². The molecule has 0 rings (SSSR count). The topological polar surface area (TPSA) is 3.24 Å². The first-order valence-corrected chi connectivity index (χ1v) is 1.08. The minimum absolute atomic E-state index is 1.50. The number of rotatable bonds is 0. The van der Waals surface area contributed by atoms with Crippen molar-refractivity contribution in [3.8, 4) is 0 Å². The van der Waals surface area contributed by atoms with Crippen molar-refractivity contribution in [1.29, 1.82) is 0 Å². The van der Waals surface area contributed by atoms with Crippen LogP contribution in [0.4, 0.5) is 0 Å². The van der Waals surface area contributed by atoms with E-state index >= 15 is 0 Å². The van der Waals surface area contributed by atoms with Gasteiger partial charge in [-0.05, 0) is 7.05 Å². The van der Waals surface area contributed by atoms with Crippen LogP contribution < -0.4 is 0 Å². The van der Waals surface area contributed by atoms with Crippen LogP contribution in [0.1, 0.15) is 0 Å². The van der Waals surface area contributed by atoms with Gasteiger partial charge >= 0.3 is 0 Å². The molecule has 0 aromatic rings. The Morgan fingerprint density at radius 3 is 1.50 bits per heavy atom. The molecule has 0 atom stereocenters. The molecule has 0 aliphatic carbocycles. The Kier molecular flexibility index (Phi) is 1.28. The Morgan fingerprint density at radius 2 is 1.50 bits per heavy atom. The Labute approximate surface area is 27.2 Å². The molecule has 24 valence electrons. The van der Waals surface area contributed by atoms with Crippen LogP contribution in [0.2, 0.25) is 0 Å². The molecule has 0 saturated heterocycles. The minimum Gasteiger partial charge on any atom is -0.304 e. The maximum atomic E-state index is 3.36. The summed E-state index contributed by atoms with van der Waals surface area (Å²) < 4.78 is 0. The van der Waals surface area contributed by atoms with Gasteiger partial charge in [0.15, 0.2) is 0 Å². The minimum atomic E-state index is 1.50. The summed E-state index contributed by atoms with van der Waals surface area (Å²) in [6, 6.07) is 0. The molecule has 0 amide bonds. The normalized spacial score (nSPS) is 9.00. The van der Waals surface area contributed by atoms with E-state index in [9.17, 15) is 0 Å². The lowest BCUT2D eigenvalue weighted by molar-refractivity contribution is 0.613. The Hall–Kier alpha value is -0.0400. The molecule has 0 heterocycles. The van der Waals surface area contributed by atoms with Gasteiger partial charge < -0.3 is 4.90 Å². The molecule has 0 aliphatic rings. The molecule has 4 heavy (non-hydrogen) atoms. The van der Waals surface area contributed by atoms with E-state index < -0.39 is 0 Å². The summed E-state index contributed by atoms with van der Waals surface area (Å²) in [5, 5.41) is 0. The third kappa shape index (κ3) is 1130. The lowest BCUT2D eigenvalue weighted by Gasteiger charge is -1.89. The van der Waals surface area contributed by atoms with Crippen molar-refractivity contribution >= 4 is 0 Å². The molecule has 2 radical (unpaired) electrons. The summed E-state index contributed by atoms with van der Waals surface area (Å²) in [7, 11) is 8.50. The molecule has 1 heteroatoms. The highest BCUT2D eigenvalue weighted by atomic mass is 15.0. The third-order valence-corrected chi connectivity index (χ3v) is 0. The fraction of sp³-hybridized carbons (Fsp3) is 0.333. The Balaban J connectivity index is 2.32. The highest BCUT2D eigenvalue weighted by molar-refractivity contribution is 4.33. The van der Waals surface area contributed by atoms with E-state index in [4.69, 9.17) is 0 Å². The molecular formula is C3H7N. The highest BCUT2D eigenvalue weighted by Crippen LogP contribution is 1.58. The van der Waals surface area contributed by atoms with Crippen LogP contribution in [0, 0.1) is 14.1 Å². The Bertz CT molecular complexity index is 8.00. The third-order valence-electron chi connectivity index (χ3n) is 0. The fourth-order valence-corrected chi connectivity index (χ4v) is 0. The van der Waals surface area contributed by atoms with Crippen molar-refractivity contribution in [2.45, 2.75) is 0 Å². The molecule has 0 aromatic heterocycles. The number of hydrogen-bond acceptors (Lipinski definition) is 1. The Morgan fingerprint density at radius 1 is 1.50 bits per heavy atom. The van der Waals surface area contributed by atoms with Crippen LogP contribution in [0.15, 0.2) is 0 Å². The maximum absolute atomic E-state index is 3.36. The van der Waals surface area contributed by atoms with Gasteiger partial charge in [-0.15, -0.1) is 0 Å².